The fourth-order valence-electron chi connectivity index (χ4n) is 4.15. The van der Waals surface area contributed by atoms with E-state index in [0.717, 1.165) is 38.6 Å². The number of aliphatic carboxylic acids is 1. The van der Waals surface area contributed by atoms with Crippen molar-refractivity contribution in [1.82, 2.24) is 5.32 Å². The van der Waals surface area contributed by atoms with E-state index >= 15 is 0 Å². The average molecular weight is 524 g/mol. The zero-order chi connectivity index (χ0) is 23.9. The zero-order valence-electron chi connectivity index (χ0n) is 18.9. The first-order valence-electron chi connectivity index (χ1n) is 11.1. The van der Waals surface area contributed by atoms with E-state index in [4.69, 9.17) is 9.47 Å². The van der Waals surface area contributed by atoms with Gasteiger partial charge in [-0.3, -0.25) is 0 Å². The first kappa shape index (κ1) is 23.9. The van der Waals surface area contributed by atoms with Crippen molar-refractivity contribution in [3.05, 3.63) is 89.5 Å². The van der Waals surface area contributed by atoms with Gasteiger partial charge in [0.25, 0.3) is 0 Å². The molecular weight excluding hydrogens is 497 g/mol. The van der Waals surface area contributed by atoms with Crippen LogP contribution in [0.25, 0.3) is 11.1 Å². The summed E-state index contributed by atoms with van der Waals surface area (Å²) >= 11 is 0.227. The number of hydrogen-bond acceptors (Lipinski definition) is 4. The van der Waals surface area contributed by atoms with Crippen molar-refractivity contribution in [2.45, 2.75) is 29.0 Å². The van der Waals surface area contributed by atoms with Crippen LogP contribution in [0.4, 0.5) is 4.79 Å². The number of ether oxygens (including phenoxy) is 2. The van der Waals surface area contributed by atoms with E-state index in [2.05, 4.69) is 17.4 Å². The van der Waals surface area contributed by atoms with Gasteiger partial charge in [-0.1, -0.05) is 0 Å². The molecule has 176 valence electrons. The van der Waals surface area contributed by atoms with Crippen LogP contribution in [0.5, 0.6) is 5.75 Å². The first-order valence-corrected chi connectivity index (χ1v) is 13.5. The van der Waals surface area contributed by atoms with Gasteiger partial charge >= 0.3 is 206 Å². The predicted octanol–water partition coefficient (Wildman–Crippen LogP) is 4.70. The SMILES string of the molecule is COc1ccc(C[Se]CC[C@@H](NC(=O)OCC2c3ccccc3-c3ccccc32)C(=O)O)cc1. The molecule has 0 aromatic heterocycles. The van der Waals surface area contributed by atoms with Gasteiger partial charge in [0, 0.05) is 0 Å². The molecule has 0 unspecified atom stereocenters. The number of benzene rings is 3. The maximum atomic E-state index is 12.4. The Hall–Kier alpha value is -3.28. The summed E-state index contributed by atoms with van der Waals surface area (Å²) in [5, 5.41) is 13.7. The number of nitrogens with one attached hydrogen (secondary N) is 1. The summed E-state index contributed by atoms with van der Waals surface area (Å²) in [6.45, 7) is 0.160. The quantitative estimate of drug-likeness (QED) is 0.297. The molecule has 3 aromatic rings. The standard InChI is InChI=1S/C27H27NO5Se/c1-32-19-12-10-18(11-13-19)17-34-15-14-25(26(29)30)28-27(31)33-16-24-22-8-4-2-6-20(22)21-7-3-5-9-23(21)24/h2-13,24-25H,14-17H2,1H3,(H,28,31)(H,29,30)/t25-/m1/s1. The van der Waals surface area contributed by atoms with Gasteiger partial charge in [-0.25, -0.2) is 0 Å². The number of carboxylic acids is 1. The van der Waals surface area contributed by atoms with Crippen molar-refractivity contribution in [2.75, 3.05) is 13.7 Å². The molecule has 0 radical (unpaired) electrons. The molecule has 1 atom stereocenters. The second-order valence-electron chi connectivity index (χ2n) is 8.05. The Balaban J connectivity index is 1.27. The van der Waals surface area contributed by atoms with Crippen molar-refractivity contribution in [3.63, 3.8) is 0 Å². The van der Waals surface area contributed by atoms with Gasteiger partial charge in [0.1, 0.15) is 0 Å². The van der Waals surface area contributed by atoms with E-state index in [1.54, 1.807) is 7.11 Å². The van der Waals surface area contributed by atoms with Crippen molar-refractivity contribution < 1.29 is 24.2 Å². The van der Waals surface area contributed by atoms with Crippen LogP contribution in [-0.4, -0.2) is 51.9 Å². The number of amides is 1. The van der Waals surface area contributed by atoms with Gasteiger partial charge in [-0.15, -0.1) is 0 Å². The molecule has 1 aliphatic rings. The molecule has 3 aromatic carbocycles. The molecule has 6 nitrogen and oxygen atoms in total. The van der Waals surface area contributed by atoms with E-state index < -0.39 is 18.1 Å². The van der Waals surface area contributed by atoms with E-state index in [-0.39, 0.29) is 27.5 Å². The summed E-state index contributed by atoms with van der Waals surface area (Å²) in [5.41, 5.74) is 5.72. The molecule has 2 N–H and O–H groups in total. The van der Waals surface area contributed by atoms with Crippen LogP contribution in [0.15, 0.2) is 72.8 Å². The van der Waals surface area contributed by atoms with Gasteiger partial charge in [0.15, 0.2) is 0 Å². The predicted molar refractivity (Wildman–Crippen MR) is 132 cm³/mol. The summed E-state index contributed by atoms with van der Waals surface area (Å²) in [5.74, 6) is -0.294. The fourth-order valence-corrected chi connectivity index (χ4v) is 6.20. The topological polar surface area (TPSA) is 84.9 Å². The number of carbonyl (C=O) groups excluding carboxylic acids is 1. The maximum absolute atomic E-state index is 12.4. The summed E-state index contributed by atoms with van der Waals surface area (Å²) < 4.78 is 10.7. The summed E-state index contributed by atoms with van der Waals surface area (Å²) in [6.07, 6.45) is -0.327. The molecule has 1 amide bonds. The third-order valence-corrected chi connectivity index (χ3v) is 8.14. The molecule has 0 bridgehead atoms. The normalized spacial score (nSPS) is 13.0. The van der Waals surface area contributed by atoms with Crippen LogP contribution in [0.1, 0.15) is 29.0 Å². The molecule has 7 heteroatoms. The summed E-state index contributed by atoms with van der Waals surface area (Å²) in [6, 6.07) is 23.1. The van der Waals surface area contributed by atoms with Crippen molar-refractivity contribution in [3.8, 4) is 16.9 Å². The van der Waals surface area contributed by atoms with Gasteiger partial charge in [0.05, 0.1) is 0 Å². The first-order chi connectivity index (χ1) is 16.6. The van der Waals surface area contributed by atoms with Crippen molar-refractivity contribution in [2.24, 2.45) is 0 Å². The number of fused-ring (bicyclic) bond motifs is 3. The van der Waals surface area contributed by atoms with E-state index in [1.807, 2.05) is 60.7 Å². The molecule has 0 spiro atoms. The number of hydrogen-bond donors (Lipinski definition) is 2. The Morgan fingerprint density at radius 2 is 1.59 bits per heavy atom. The van der Waals surface area contributed by atoms with Crippen molar-refractivity contribution in [1.29, 1.82) is 0 Å². The Bertz CT molecular complexity index is 1100. The molecule has 1 aliphatic carbocycles. The van der Waals surface area contributed by atoms with Gasteiger partial charge < -0.3 is 0 Å². The second-order valence-corrected chi connectivity index (χ2v) is 10.4. The molecular formula is C27H27NO5Se. The molecule has 0 heterocycles. The monoisotopic (exact) mass is 525 g/mol. The van der Waals surface area contributed by atoms with E-state index in [9.17, 15) is 14.7 Å². The molecule has 4 rings (SSSR count). The van der Waals surface area contributed by atoms with Crippen LogP contribution < -0.4 is 10.1 Å². The number of rotatable bonds is 10. The number of carbonyl (C=O) groups is 2. The minimum atomic E-state index is -1.05. The Kier molecular flexibility index (Phi) is 7.88. The second kappa shape index (κ2) is 11.2. The molecule has 0 saturated carbocycles. The van der Waals surface area contributed by atoms with Crippen LogP contribution in [-0.2, 0) is 14.9 Å². The zero-order valence-corrected chi connectivity index (χ0v) is 20.6. The van der Waals surface area contributed by atoms with Crippen LogP contribution in [0, 0.1) is 0 Å². The van der Waals surface area contributed by atoms with E-state index in [0.29, 0.717) is 6.42 Å². The number of carboxylic acid groups (broad SMARTS) is 1. The molecule has 0 fully saturated rings. The van der Waals surface area contributed by atoms with Crippen LogP contribution in [0.3, 0.4) is 0 Å². The molecule has 0 aliphatic heterocycles. The Labute approximate surface area is 205 Å². The van der Waals surface area contributed by atoms with Crippen LogP contribution in [0.2, 0.25) is 5.32 Å². The Morgan fingerprint density at radius 1 is 0.971 bits per heavy atom. The van der Waals surface area contributed by atoms with E-state index in [1.165, 1.54) is 5.56 Å². The average Bonchev–Trinajstić information content (AvgIpc) is 3.18. The van der Waals surface area contributed by atoms with Crippen LogP contribution >= 0.6 is 0 Å². The molecule has 34 heavy (non-hydrogen) atoms. The number of alkyl carbamates (subject to hydrolysis) is 1. The Morgan fingerprint density at radius 3 is 2.18 bits per heavy atom. The summed E-state index contributed by atoms with van der Waals surface area (Å²) in [7, 11) is 1.63. The van der Waals surface area contributed by atoms with Crippen molar-refractivity contribution >= 4 is 27.0 Å². The van der Waals surface area contributed by atoms with Gasteiger partial charge in [-0.2, -0.15) is 0 Å². The van der Waals surface area contributed by atoms with Gasteiger partial charge in [0.2, 0.25) is 0 Å². The fraction of sp³-hybridized carbons (Fsp3) is 0.259. The van der Waals surface area contributed by atoms with Gasteiger partial charge in [-0.05, 0) is 0 Å². The third kappa shape index (κ3) is 5.61. The number of methoxy groups -OCH3 is 1. The minimum absolute atomic E-state index is 0.0609. The summed E-state index contributed by atoms with van der Waals surface area (Å²) in [4.78, 5) is 24.1. The third-order valence-electron chi connectivity index (χ3n) is 5.91. The molecule has 0 saturated heterocycles.